The van der Waals surface area contributed by atoms with E-state index in [4.69, 9.17) is 10.4 Å². The molecule has 2 heterocycles. The van der Waals surface area contributed by atoms with Crippen molar-refractivity contribution < 1.29 is 10.4 Å². The maximum absolute atomic E-state index is 8.61. The first-order valence-corrected chi connectivity index (χ1v) is 2.74. The third-order valence-electron chi connectivity index (χ3n) is 1.01. The highest BCUT2D eigenvalue weighted by Crippen LogP contribution is 2.01. The lowest BCUT2D eigenvalue weighted by Gasteiger charge is -1.78. The molecule has 2 aromatic heterocycles. The van der Waals surface area contributed by atoms with Gasteiger partial charge in [-0.15, -0.1) is 10.2 Å². The molecule has 0 aromatic carbocycles. The van der Waals surface area contributed by atoms with Crippen LogP contribution in [0.25, 0.3) is 11.6 Å². The summed E-state index contributed by atoms with van der Waals surface area (Å²) in [4.78, 5) is 0.515. The largest absolute Gasteiger partial charge is 0.395 e. The lowest BCUT2D eigenvalue weighted by Crippen LogP contribution is -1.95. The van der Waals surface area contributed by atoms with Crippen LogP contribution in [0.3, 0.4) is 0 Å². The van der Waals surface area contributed by atoms with Crippen LogP contribution < -0.4 is 0 Å². The topological polar surface area (TPSA) is 128 Å². The minimum atomic E-state index is -0.0298. The summed E-state index contributed by atoms with van der Waals surface area (Å²) in [6.07, 6.45) is 0. The first kappa shape index (κ1) is 6.45. The third-order valence-corrected chi connectivity index (χ3v) is 1.01. The Hall–Kier alpha value is -2.26. The number of rotatable bonds is 1. The molecule has 0 saturated heterocycles. The van der Waals surface area contributed by atoms with E-state index in [9.17, 15) is 0 Å². The van der Waals surface area contributed by atoms with E-state index in [1.807, 2.05) is 0 Å². The average Bonchev–Trinajstić information content (AvgIpc) is 2.58. The molecule has 2 aromatic rings. The van der Waals surface area contributed by atoms with Crippen molar-refractivity contribution in [2.24, 2.45) is 0 Å². The van der Waals surface area contributed by atoms with Crippen molar-refractivity contribution in [3.63, 3.8) is 0 Å². The molecular formula is C2H2N8O2. The first-order valence-electron chi connectivity index (χ1n) is 2.74. The van der Waals surface area contributed by atoms with Crippen LogP contribution in [0.4, 0.5) is 0 Å². The van der Waals surface area contributed by atoms with Crippen LogP contribution in [0.15, 0.2) is 0 Å². The van der Waals surface area contributed by atoms with E-state index in [0.29, 0.717) is 0 Å². The molecule has 10 nitrogen and oxygen atoms in total. The number of tetrazole rings is 2. The fourth-order valence-electron chi connectivity index (χ4n) is 0.593. The Labute approximate surface area is 64.0 Å². The molecule has 0 unspecified atom stereocenters. The SMILES string of the molecule is On1nnc(-c2nnn(O)n2)n1. The van der Waals surface area contributed by atoms with Crippen molar-refractivity contribution >= 4 is 0 Å². The molecular weight excluding hydrogens is 168 g/mol. The monoisotopic (exact) mass is 170 g/mol. The second kappa shape index (κ2) is 2.11. The molecule has 0 saturated carbocycles. The van der Waals surface area contributed by atoms with E-state index in [0.717, 1.165) is 0 Å². The van der Waals surface area contributed by atoms with Crippen molar-refractivity contribution in [3.8, 4) is 11.6 Å². The van der Waals surface area contributed by atoms with Gasteiger partial charge in [0.15, 0.2) is 0 Å². The molecule has 62 valence electrons. The van der Waals surface area contributed by atoms with Crippen LogP contribution in [0.5, 0.6) is 0 Å². The van der Waals surface area contributed by atoms with Gasteiger partial charge in [0.2, 0.25) is 11.6 Å². The van der Waals surface area contributed by atoms with Crippen LogP contribution in [0.2, 0.25) is 0 Å². The van der Waals surface area contributed by atoms with Crippen LogP contribution >= 0.6 is 0 Å². The van der Waals surface area contributed by atoms with E-state index in [1.165, 1.54) is 0 Å². The molecule has 0 aliphatic heterocycles. The number of nitrogens with zero attached hydrogens (tertiary/aromatic N) is 8. The summed E-state index contributed by atoms with van der Waals surface area (Å²) in [5.41, 5.74) is 0. The molecule has 0 radical (unpaired) electrons. The zero-order chi connectivity index (χ0) is 8.55. The Morgan fingerprint density at radius 2 is 1.25 bits per heavy atom. The summed E-state index contributed by atoms with van der Waals surface area (Å²) < 4.78 is 0. The summed E-state index contributed by atoms with van der Waals surface area (Å²) in [6.45, 7) is 0. The van der Waals surface area contributed by atoms with Gasteiger partial charge in [-0.05, 0) is 10.4 Å². The van der Waals surface area contributed by atoms with E-state index in [1.54, 1.807) is 0 Å². The standard InChI is InChI=1S/C2H2N8O2/c11-9-5-1(3-7-9)2-4-8-10(12)6-2/h11-12H. The van der Waals surface area contributed by atoms with Crippen molar-refractivity contribution in [2.45, 2.75) is 0 Å². The number of hydrogen-bond donors (Lipinski definition) is 2. The fraction of sp³-hybridized carbons (Fsp3) is 0. The van der Waals surface area contributed by atoms with Crippen LogP contribution in [0, 0.1) is 0 Å². The summed E-state index contributed by atoms with van der Waals surface area (Å²) in [7, 11) is 0. The van der Waals surface area contributed by atoms with Gasteiger partial charge in [0.05, 0.1) is 0 Å². The molecule has 2 N–H and O–H groups in total. The van der Waals surface area contributed by atoms with Gasteiger partial charge in [0.25, 0.3) is 0 Å². The lowest BCUT2D eigenvalue weighted by molar-refractivity contribution is 0.105. The van der Waals surface area contributed by atoms with Gasteiger partial charge in [-0.2, -0.15) is 0 Å². The molecule has 0 bridgehead atoms. The van der Waals surface area contributed by atoms with Crippen molar-refractivity contribution in [1.29, 1.82) is 0 Å². The number of hydrogen-bond acceptors (Lipinski definition) is 8. The second-order valence-corrected chi connectivity index (χ2v) is 1.76. The van der Waals surface area contributed by atoms with Crippen molar-refractivity contribution in [2.75, 3.05) is 0 Å². The average molecular weight is 170 g/mol. The normalized spacial score (nSPS) is 10.3. The summed E-state index contributed by atoms with van der Waals surface area (Å²) in [6, 6.07) is 0. The summed E-state index contributed by atoms with van der Waals surface area (Å²) in [5, 5.41) is 36.9. The minimum absolute atomic E-state index is 0.0298. The molecule has 0 amide bonds. The van der Waals surface area contributed by atoms with Crippen molar-refractivity contribution in [1.82, 2.24) is 40.7 Å². The van der Waals surface area contributed by atoms with Crippen LogP contribution in [-0.2, 0) is 0 Å². The first-order chi connectivity index (χ1) is 5.75. The Morgan fingerprint density at radius 1 is 0.833 bits per heavy atom. The third kappa shape index (κ3) is 0.902. The Balaban J connectivity index is 2.43. The molecule has 10 heteroatoms. The predicted molar refractivity (Wildman–Crippen MR) is 29.0 cm³/mol. The predicted octanol–water partition coefficient (Wildman–Crippen LogP) is -2.20. The highest BCUT2D eigenvalue weighted by molar-refractivity contribution is 5.37. The summed E-state index contributed by atoms with van der Waals surface area (Å²) >= 11 is 0. The number of aromatic nitrogens is 8. The zero-order valence-corrected chi connectivity index (χ0v) is 5.47. The van der Waals surface area contributed by atoms with Gasteiger partial charge >= 0.3 is 0 Å². The van der Waals surface area contributed by atoms with Crippen molar-refractivity contribution in [3.05, 3.63) is 0 Å². The van der Waals surface area contributed by atoms with E-state index >= 15 is 0 Å². The van der Waals surface area contributed by atoms with E-state index < -0.39 is 0 Å². The fourth-order valence-corrected chi connectivity index (χ4v) is 0.593. The van der Waals surface area contributed by atoms with Gasteiger partial charge in [-0.25, -0.2) is 0 Å². The maximum atomic E-state index is 8.61. The molecule has 0 aliphatic carbocycles. The van der Waals surface area contributed by atoms with E-state index in [-0.39, 0.29) is 21.6 Å². The van der Waals surface area contributed by atoms with Gasteiger partial charge < -0.3 is 10.4 Å². The Bertz CT molecular complexity index is 351. The highest BCUT2D eigenvalue weighted by atomic mass is 16.5. The Kier molecular flexibility index (Phi) is 1.14. The molecule has 12 heavy (non-hydrogen) atoms. The Morgan fingerprint density at radius 3 is 1.50 bits per heavy atom. The van der Waals surface area contributed by atoms with Gasteiger partial charge in [0.1, 0.15) is 0 Å². The van der Waals surface area contributed by atoms with Gasteiger partial charge in [0, 0.05) is 9.92 Å². The lowest BCUT2D eigenvalue weighted by atomic mass is 10.6. The molecule has 0 spiro atoms. The quantitative estimate of drug-likeness (QED) is 0.461. The van der Waals surface area contributed by atoms with Gasteiger partial charge in [-0.3, -0.25) is 0 Å². The highest BCUT2D eigenvalue weighted by Gasteiger charge is 2.11. The summed E-state index contributed by atoms with van der Waals surface area (Å²) in [5.74, 6) is -0.0596. The zero-order valence-electron chi connectivity index (χ0n) is 5.47. The van der Waals surface area contributed by atoms with E-state index in [2.05, 4.69) is 30.8 Å². The molecule has 0 aliphatic rings. The van der Waals surface area contributed by atoms with Crippen LogP contribution in [0.1, 0.15) is 0 Å². The maximum Gasteiger partial charge on any atom is 0.249 e. The minimum Gasteiger partial charge on any atom is -0.395 e. The molecule has 2 rings (SSSR count). The smallest absolute Gasteiger partial charge is 0.249 e. The molecule has 0 fully saturated rings. The van der Waals surface area contributed by atoms with Gasteiger partial charge in [-0.1, -0.05) is 10.2 Å². The van der Waals surface area contributed by atoms with Crippen LogP contribution in [-0.4, -0.2) is 51.2 Å². The second-order valence-electron chi connectivity index (χ2n) is 1.76. The molecule has 0 atom stereocenters.